The topological polar surface area (TPSA) is 99.1 Å². The van der Waals surface area contributed by atoms with E-state index in [9.17, 15) is 19.5 Å². The molecule has 0 aromatic carbocycles. The molecule has 0 aromatic heterocycles. The van der Waals surface area contributed by atoms with Gasteiger partial charge in [0, 0.05) is 5.57 Å². The Balaban J connectivity index is 1.94. The number of aliphatic hydroxyl groups is 1. The third-order valence-electron chi connectivity index (χ3n) is 5.39. The highest BCUT2D eigenvalue weighted by atomic mass is 16.6. The molecule has 3 rings (SSSR count). The van der Waals surface area contributed by atoms with Gasteiger partial charge in [0.15, 0.2) is 0 Å². The summed E-state index contributed by atoms with van der Waals surface area (Å²) < 4.78 is 16.4. The molecule has 2 heterocycles. The van der Waals surface area contributed by atoms with Crippen molar-refractivity contribution in [3.8, 4) is 0 Å². The summed E-state index contributed by atoms with van der Waals surface area (Å²) in [6, 6.07) is 0. The van der Waals surface area contributed by atoms with Crippen molar-refractivity contribution in [3.05, 3.63) is 35.5 Å². The summed E-state index contributed by atoms with van der Waals surface area (Å²) in [5, 5.41) is 9.66. The summed E-state index contributed by atoms with van der Waals surface area (Å²) in [7, 11) is 0. The first kappa shape index (κ1) is 19.4. The smallest absolute Gasteiger partial charge is 0.338 e. The second kappa shape index (κ2) is 7.68. The fourth-order valence-corrected chi connectivity index (χ4v) is 3.48. The molecule has 27 heavy (non-hydrogen) atoms. The van der Waals surface area contributed by atoms with Crippen LogP contribution in [0.15, 0.2) is 35.5 Å². The largest absolute Gasteiger partial charge is 0.457 e. The average molecular weight is 376 g/mol. The number of fused-ring (bicyclic) bond motifs is 3. The third kappa shape index (κ3) is 3.69. The molecule has 7 nitrogen and oxygen atoms in total. The predicted octanol–water partition coefficient (Wildman–Crippen LogP) is 1.61. The van der Waals surface area contributed by atoms with Crippen molar-refractivity contribution in [2.75, 3.05) is 6.61 Å². The molecule has 5 atom stereocenters. The molecule has 1 aliphatic carbocycles. The van der Waals surface area contributed by atoms with Crippen LogP contribution in [0.5, 0.6) is 0 Å². The molecule has 0 radical (unpaired) electrons. The molecule has 5 unspecified atom stereocenters. The molecule has 0 amide bonds. The van der Waals surface area contributed by atoms with E-state index < -0.39 is 36.2 Å². The Morgan fingerprint density at radius 2 is 1.96 bits per heavy atom. The standard InChI is InChI=1S/C20H24O7/c1-4-10(2)18(22)25-14-6-5-12(9-21)7-15-17(11(3)19(23)26-15)16-8-13(14)20(24)27-16/h7-8,10,14-17,21H,3-6,9H2,1-2H3. The van der Waals surface area contributed by atoms with Crippen LogP contribution in [0.1, 0.15) is 33.1 Å². The molecule has 1 fully saturated rings. The van der Waals surface area contributed by atoms with Gasteiger partial charge in [-0.05, 0) is 37.0 Å². The Morgan fingerprint density at radius 1 is 1.30 bits per heavy atom. The minimum Gasteiger partial charge on any atom is -0.457 e. The van der Waals surface area contributed by atoms with Crippen molar-refractivity contribution in [1.82, 2.24) is 0 Å². The number of hydrogen-bond donors (Lipinski definition) is 1. The summed E-state index contributed by atoms with van der Waals surface area (Å²) in [5.41, 5.74) is 1.13. The van der Waals surface area contributed by atoms with Crippen molar-refractivity contribution in [1.29, 1.82) is 0 Å². The summed E-state index contributed by atoms with van der Waals surface area (Å²) in [4.78, 5) is 36.7. The van der Waals surface area contributed by atoms with Crippen molar-refractivity contribution < 1.29 is 33.7 Å². The highest BCUT2D eigenvalue weighted by Crippen LogP contribution is 2.38. The van der Waals surface area contributed by atoms with Crippen LogP contribution < -0.4 is 0 Å². The summed E-state index contributed by atoms with van der Waals surface area (Å²) in [5.74, 6) is -2.35. The van der Waals surface area contributed by atoms with E-state index in [1.54, 1.807) is 19.1 Å². The number of rotatable bonds is 4. The SMILES string of the molecule is C=C1C(=O)OC2C=C(CO)CCC(OC(=O)C(C)CC)C3=CC(OC3=O)C12. The summed E-state index contributed by atoms with van der Waals surface area (Å²) in [6.07, 6.45) is 2.49. The zero-order valence-electron chi connectivity index (χ0n) is 15.5. The predicted molar refractivity (Wildman–Crippen MR) is 94.2 cm³/mol. The van der Waals surface area contributed by atoms with Gasteiger partial charge in [0.1, 0.15) is 18.3 Å². The number of aliphatic hydroxyl groups excluding tert-OH is 1. The molecular formula is C20H24O7. The first-order chi connectivity index (χ1) is 12.8. The van der Waals surface area contributed by atoms with Crippen LogP contribution in [-0.2, 0) is 28.6 Å². The van der Waals surface area contributed by atoms with E-state index in [-0.39, 0.29) is 29.6 Å². The van der Waals surface area contributed by atoms with Crippen LogP contribution >= 0.6 is 0 Å². The zero-order valence-corrected chi connectivity index (χ0v) is 15.5. The maximum Gasteiger partial charge on any atom is 0.338 e. The van der Waals surface area contributed by atoms with Gasteiger partial charge in [-0.3, -0.25) is 4.79 Å². The molecule has 0 spiro atoms. The van der Waals surface area contributed by atoms with Crippen LogP contribution in [-0.4, -0.2) is 47.9 Å². The Bertz CT molecular complexity index is 733. The third-order valence-corrected chi connectivity index (χ3v) is 5.39. The van der Waals surface area contributed by atoms with E-state index in [4.69, 9.17) is 14.2 Å². The molecule has 1 saturated heterocycles. The molecule has 3 aliphatic rings. The van der Waals surface area contributed by atoms with Crippen molar-refractivity contribution in [3.63, 3.8) is 0 Å². The quantitative estimate of drug-likeness (QED) is 0.344. The molecule has 0 aromatic rings. The fraction of sp³-hybridized carbons (Fsp3) is 0.550. The lowest BCUT2D eigenvalue weighted by atomic mass is 9.87. The molecule has 7 heteroatoms. The molecule has 1 N–H and O–H groups in total. The number of esters is 3. The Hall–Kier alpha value is -2.41. The summed E-state index contributed by atoms with van der Waals surface area (Å²) >= 11 is 0. The van der Waals surface area contributed by atoms with Gasteiger partial charge in [-0.25, -0.2) is 9.59 Å². The van der Waals surface area contributed by atoms with Crippen molar-refractivity contribution in [2.45, 2.75) is 51.4 Å². The van der Waals surface area contributed by atoms with Crippen LogP contribution in [0, 0.1) is 11.8 Å². The van der Waals surface area contributed by atoms with Crippen LogP contribution in [0.4, 0.5) is 0 Å². The molecule has 146 valence electrons. The zero-order chi connectivity index (χ0) is 19.7. The van der Waals surface area contributed by atoms with Crippen LogP contribution in [0.25, 0.3) is 0 Å². The second-order valence-electron chi connectivity index (χ2n) is 7.17. The maximum absolute atomic E-state index is 12.4. The molecular weight excluding hydrogens is 352 g/mol. The second-order valence-corrected chi connectivity index (χ2v) is 7.17. The molecule has 2 aliphatic heterocycles. The lowest BCUT2D eigenvalue weighted by Crippen LogP contribution is -2.28. The van der Waals surface area contributed by atoms with E-state index >= 15 is 0 Å². The first-order valence-corrected chi connectivity index (χ1v) is 9.19. The van der Waals surface area contributed by atoms with Crippen LogP contribution in [0.3, 0.4) is 0 Å². The molecule has 2 bridgehead atoms. The van der Waals surface area contributed by atoms with E-state index in [0.717, 1.165) is 0 Å². The minimum absolute atomic E-state index is 0.220. The number of hydrogen-bond acceptors (Lipinski definition) is 7. The fourth-order valence-electron chi connectivity index (χ4n) is 3.48. The Labute approximate surface area is 157 Å². The normalized spacial score (nSPS) is 31.3. The summed E-state index contributed by atoms with van der Waals surface area (Å²) in [6.45, 7) is 7.19. The lowest BCUT2D eigenvalue weighted by molar-refractivity contribution is -0.153. The average Bonchev–Trinajstić information content (AvgIpc) is 3.15. The van der Waals surface area contributed by atoms with Gasteiger partial charge in [-0.1, -0.05) is 20.4 Å². The first-order valence-electron chi connectivity index (χ1n) is 9.19. The monoisotopic (exact) mass is 376 g/mol. The van der Waals surface area contributed by atoms with Gasteiger partial charge >= 0.3 is 17.9 Å². The van der Waals surface area contributed by atoms with E-state index in [2.05, 4.69) is 6.58 Å². The number of carbonyl (C=O) groups excluding carboxylic acids is 3. The lowest BCUT2D eigenvalue weighted by Gasteiger charge is -2.22. The van der Waals surface area contributed by atoms with E-state index in [0.29, 0.717) is 24.8 Å². The van der Waals surface area contributed by atoms with Gasteiger partial charge in [0.25, 0.3) is 0 Å². The van der Waals surface area contributed by atoms with Gasteiger partial charge in [-0.2, -0.15) is 0 Å². The van der Waals surface area contributed by atoms with Gasteiger partial charge < -0.3 is 19.3 Å². The van der Waals surface area contributed by atoms with Crippen molar-refractivity contribution in [2.24, 2.45) is 11.8 Å². The van der Waals surface area contributed by atoms with Crippen LogP contribution in [0.2, 0.25) is 0 Å². The number of carbonyl (C=O) groups is 3. The van der Waals surface area contributed by atoms with Gasteiger partial charge in [0.2, 0.25) is 0 Å². The maximum atomic E-state index is 12.4. The highest BCUT2D eigenvalue weighted by Gasteiger charge is 2.47. The van der Waals surface area contributed by atoms with E-state index in [1.165, 1.54) is 0 Å². The van der Waals surface area contributed by atoms with Gasteiger partial charge in [0.05, 0.1) is 24.0 Å². The minimum atomic E-state index is -0.762. The Kier molecular flexibility index (Phi) is 5.51. The number of ether oxygens (including phenoxy) is 3. The van der Waals surface area contributed by atoms with Gasteiger partial charge in [-0.15, -0.1) is 0 Å². The molecule has 0 saturated carbocycles. The highest BCUT2D eigenvalue weighted by molar-refractivity contribution is 5.94. The van der Waals surface area contributed by atoms with Crippen molar-refractivity contribution >= 4 is 17.9 Å². The Morgan fingerprint density at radius 3 is 2.63 bits per heavy atom. The van der Waals surface area contributed by atoms with E-state index in [1.807, 2.05) is 6.92 Å².